The van der Waals surface area contributed by atoms with E-state index in [2.05, 4.69) is 537 Å². The Morgan fingerprint density at radius 3 is 0.604 bits per heavy atom. The van der Waals surface area contributed by atoms with Gasteiger partial charge in [0.05, 0.1) is 68.9 Å². The summed E-state index contributed by atoms with van der Waals surface area (Å²) in [6.45, 7) is 0. The van der Waals surface area contributed by atoms with Crippen molar-refractivity contribution in [3.8, 4) is 123 Å². The van der Waals surface area contributed by atoms with Crippen LogP contribution in [0.25, 0.3) is 254 Å². The summed E-state index contributed by atoms with van der Waals surface area (Å²) < 4.78 is 33.3. The van der Waals surface area contributed by atoms with Crippen LogP contribution in [0, 0.1) is 0 Å². The third-order valence-electron chi connectivity index (χ3n) is 28.9. The van der Waals surface area contributed by atoms with Crippen LogP contribution < -0.4 is 0 Å². The summed E-state index contributed by atoms with van der Waals surface area (Å²) in [5.74, 6) is 0. The van der Waals surface area contributed by atoms with Gasteiger partial charge in [0.2, 0.25) is 0 Å². The average Bonchev–Trinajstić information content (AvgIpc) is 1.52. The molecule has 29 rings (SSSR count). The molecule has 0 N–H and O–H groups in total. The Bertz CT molecular complexity index is 9990. The van der Waals surface area contributed by atoms with Crippen molar-refractivity contribution in [1.29, 1.82) is 0 Å². The first-order chi connectivity index (χ1) is 72.3. The van der Waals surface area contributed by atoms with E-state index in [1.54, 1.807) is 0 Å². The summed E-state index contributed by atoms with van der Waals surface area (Å²) in [5, 5.41) is 14.3. The molecule has 0 saturated heterocycles. The molecule has 0 fully saturated rings. The van der Waals surface area contributed by atoms with Gasteiger partial charge < -0.3 is 27.4 Å². The van der Waals surface area contributed by atoms with Crippen LogP contribution >= 0.6 is 0 Å². The van der Waals surface area contributed by atoms with E-state index in [4.69, 9.17) is 0 Å². The SMILES string of the molecule is [2H]c1c([2H])c2c(c3ccccc3n2-c2cc(-c3ccccc3)cc(-c3ccccc3)c2)c2c3ccccc3n(-c3ccccc3)c12.c1ccc(-c2cc(-c3ccccc3)cc(-n3c4ccccc4c4c5c6cc(-c7ccccc7)ccc6n(-c6ccccc6)c5ccc43)c2)cc1.c1ccc(-c2cccc(-c3cccc(-c4cccc(-n5c6ccccc6c6c7c8ccccc8n(-c8ccccc8)c7ccc65)c4)c3)c2)cc1. The molecule has 29 aromatic rings. The second kappa shape index (κ2) is 35.7. The molecular formula is C138H92N6. The minimum absolute atomic E-state index is 0.213. The van der Waals surface area contributed by atoms with Crippen molar-refractivity contribution in [2.24, 2.45) is 0 Å². The van der Waals surface area contributed by atoms with E-state index in [1.165, 1.54) is 160 Å². The lowest BCUT2D eigenvalue weighted by atomic mass is 9.96. The van der Waals surface area contributed by atoms with E-state index >= 15 is 0 Å². The monoisotopic (exact) mass is 1830 g/mol. The van der Waals surface area contributed by atoms with E-state index in [-0.39, 0.29) is 12.1 Å². The number of para-hydroxylation sites is 8. The molecule has 0 aliphatic heterocycles. The predicted molar refractivity (Wildman–Crippen MR) is 609 cm³/mol. The maximum absolute atomic E-state index is 9.64. The third-order valence-corrected chi connectivity index (χ3v) is 28.9. The first-order valence-electron chi connectivity index (χ1n) is 50.3. The molecule has 144 heavy (non-hydrogen) atoms. The topological polar surface area (TPSA) is 29.6 Å². The van der Waals surface area contributed by atoms with Crippen molar-refractivity contribution in [3.63, 3.8) is 0 Å². The molecule has 0 radical (unpaired) electrons. The highest BCUT2D eigenvalue weighted by molar-refractivity contribution is 6.32. The highest BCUT2D eigenvalue weighted by atomic mass is 15.0. The minimum Gasteiger partial charge on any atom is -0.309 e. The van der Waals surface area contributed by atoms with Gasteiger partial charge in [-0.25, -0.2) is 0 Å². The van der Waals surface area contributed by atoms with E-state index in [9.17, 15) is 2.74 Å². The number of aromatic nitrogens is 6. The van der Waals surface area contributed by atoms with Crippen molar-refractivity contribution in [1.82, 2.24) is 27.4 Å². The lowest BCUT2D eigenvalue weighted by Crippen LogP contribution is -1.96. The summed E-state index contributed by atoms with van der Waals surface area (Å²) in [6, 6.07) is 196. The van der Waals surface area contributed by atoms with Crippen molar-refractivity contribution < 1.29 is 2.74 Å². The quantitative estimate of drug-likeness (QED) is 0.104. The van der Waals surface area contributed by atoms with Crippen LogP contribution in [0.5, 0.6) is 0 Å². The van der Waals surface area contributed by atoms with Crippen molar-refractivity contribution in [3.05, 3.63) is 558 Å². The molecule has 0 aliphatic rings. The van der Waals surface area contributed by atoms with Gasteiger partial charge in [0.1, 0.15) is 0 Å². The predicted octanol–water partition coefficient (Wildman–Crippen LogP) is 37.0. The first kappa shape index (κ1) is 82.0. The lowest BCUT2D eigenvalue weighted by Gasteiger charge is -2.14. The zero-order valence-electron chi connectivity index (χ0n) is 80.6. The van der Waals surface area contributed by atoms with Crippen LogP contribution in [0.4, 0.5) is 0 Å². The van der Waals surface area contributed by atoms with Gasteiger partial charge in [-0.15, -0.1) is 0 Å². The maximum atomic E-state index is 9.64. The summed E-state index contributed by atoms with van der Waals surface area (Å²) in [7, 11) is 0. The first-order valence-corrected chi connectivity index (χ1v) is 49.3. The molecule has 6 aromatic heterocycles. The molecule has 6 heterocycles. The molecule has 6 heteroatoms. The third kappa shape index (κ3) is 14.6. The van der Waals surface area contributed by atoms with Gasteiger partial charge in [0.25, 0.3) is 0 Å². The van der Waals surface area contributed by atoms with E-state index in [0.29, 0.717) is 0 Å². The highest BCUT2D eigenvalue weighted by Crippen LogP contribution is 2.50. The van der Waals surface area contributed by atoms with Crippen LogP contribution in [0.15, 0.2) is 558 Å². The normalized spacial score (nSPS) is 11.8. The molecule has 0 atom stereocenters. The number of nitrogens with zero attached hydrogens (tertiary/aromatic N) is 6. The zero-order chi connectivity index (χ0) is 96.8. The smallest absolute Gasteiger partial charge is 0.0646 e. The molecule has 674 valence electrons. The van der Waals surface area contributed by atoms with Gasteiger partial charge in [-0.05, 0) is 265 Å². The van der Waals surface area contributed by atoms with Crippen LogP contribution in [-0.2, 0) is 0 Å². The number of fused-ring (bicyclic) bond motifs is 21. The molecule has 0 bridgehead atoms. The van der Waals surface area contributed by atoms with E-state index in [0.717, 1.165) is 94.3 Å². The number of hydrogen-bond donors (Lipinski definition) is 0. The fourth-order valence-corrected chi connectivity index (χ4v) is 22.5. The van der Waals surface area contributed by atoms with Crippen LogP contribution in [-0.4, -0.2) is 27.4 Å². The Kier molecular flexibility index (Phi) is 20.3. The molecule has 0 unspecified atom stereocenters. The van der Waals surface area contributed by atoms with Crippen molar-refractivity contribution >= 4 is 131 Å². The van der Waals surface area contributed by atoms with Crippen molar-refractivity contribution in [2.75, 3.05) is 0 Å². The molecule has 0 saturated carbocycles. The summed E-state index contributed by atoms with van der Waals surface area (Å²) >= 11 is 0. The standard InChI is InChI=1S/2C48H32N2.C42H28N2/c1-5-15-33(16-6-1)36-25-26-44-42(32-36)48-46(49(44)39-21-11-4-12-22-39)28-27-45-47(48)41-23-13-14-24-43(41)50(45)40-30-37(34-17-7-2-8-18-34)29-38(31-40)35-19-9-3-10-20-35;1-3-14-33(15-4-1)34-16-11-17-35(30-34)36-18-12-19-37(31-36)38-20-13-23-40(32-38)50-44-27-10-8-25-42(44)48-46(50)29-28-45-47(48)41-24-7-9-26-43(41)49(45)39-21-5-2-6-22-39;1-4-14-29(15-5-1)31-26-32(30-16-6-2-7-17-30)28-34(27-31)44-38-23-13-11-21-36(38)42-40(44)25-24-39-41(42)35-20-10-12-22-37(35)43(39)33-18-8-3-9-19-33/h2*1-32H;1-28H/i;;24D,25D. The van der Waals surface area contributed by atoms with Gasteiger partial charge in [-0.1, -0.05) is 382 Å². The summed E-state index contributed by atoms with van der Waals surface area (Å²) in [6.07, 6.45) is 0. The molecular weight excluding hydrogens is 1740 g/mol. The molecule has 23 aromatic carbocycles. The van der Waals surface area contributed by atoms with Crippen LogP contribution in [0.3, 0.4) is 0 Å². The van der Waals surface area contributed by atoms with Crippen LogP contribution in [0.2, 0.25) is 0 Å². The summed E-state index contributed by atoms with van der Waals surface area (Å²) in [4.78, 5) is 0. The van der Waals surface area contributed by atoms with E-state index < -0.39 is 0 Å². The fraction of sp³-hybridized carbons (Fsp3) is 0. The molecule has 6 nitrogen and oxygen atoms in total. The Morgan fingerprint density at radius 1 is 0.104 bits per heavy atom. The Labute approximate surface area is 836 Å². The zero-order valence-corrected chi connectivity index (χ0v) is 78.6. The van der Waals surface area contributed by atoms with Gasteiger partial charge >= 0.3 is 0 Å². The minimum atomic E-state index is 0.213. The van der Waals surface area contributed by atoms with Gasteiger partial charge in [0.15, 0.2) is 0 Å². The van der Waals surface area contributed by atoms with Gasteiger partial charge in [-0.2, -0.15) is 0 Å². The van der Waals surface area contributed by atoms with Crippen molar-refractivity contribution in [2.45, 2.75) is 0 Å². The number of benzene rings is 23. The van der Waals surface area contributed by atoms with E-state index in [1.807, 2.05) is 36.4 Å². The Morgan fingerprint density at radius 2 is 0.285 bits per heavy atom. The van der Waals surface area contributed by atoms with Gasteiger partial charge in [0, 0.05) is 98.8 Å². The second-order valence-electron chi connectivity index (χ2n) is 37.2. The number of hydrogen-bond acceptors (Lipinski definition) is 0. The second-order valence-corrected chi connectivity index (χ2v) is 37.2. The number of rotatable bonds is 14. The fourth-order valence-electron chi connectivity index (χ4n) is 22.5. The molecule has 0 spiro atoms. The average molecular weight is 1840 g/mol. The highest BCUT2D eigenvalue weighted by Gasteiger charge is 2.27. The maximum Gasteiger partial charge on any atom is 0.0646 e. The Hall–Kier alpha value is -19.1. The van der Waals surface area contributed by atoms with Crippen LogP contribution in [0.1, 0.15) is 2.74 Å². The largest absolute Gasteiger partial charge is 0.309 e. The Balaban J connectivity index is 0.000000109. The van der Waals surface area contributed by atoms with Gasteiger partial charge in [-0.3, -0.25) is 0 Å². The molecule has 0 aliphatic carbocycles. The lowest BCUT2D eigenvalue weighted by molar-refractivity contribution is 1.17. The molecule has 0 amide bonds. The summed E-state index contributed by atoms with van der Waals surface area (Å²) in [5.41, 5.74) is 38.7.